The van der Waals surface area contributed by atoms with Crippen LogP contribution in [0.25, 0.3) is 39.0 Å². The Balaban J connectivity index is 1.97. The number of benzene rings is 4. The van der Waals surface area contributed by atoms with Crippen LogP contribution in [0.4, 0.5) is 0 Å². The summed E-state index contributed by atoms with van der Waals surface area (Å²) >= 11 is 0. The highest BCUT2D eigenvalue weighted by Gasteiger charge is 2.20. The molecule has 5 rings (SSSR count). The Kier molecular flexibility index (Phi) is 3.84. The number of para-hydroxylation sites is 1. The lowest BCUT2D eigenvalue weighted by atomic mass is 10.0. The maximum absolute atomic E-state index is 3.14. The van der Waals surface area contributed by atoms with Crippen molar-refractivity contribution in [2.45, 2.75) is 0 Å². The Hall–Kier alpha value is -3.58. The Morgan fingerprint density at radius 3 is 1.56 bits per heavy atom. The summed E-state index contributed by atoms with van der Waals surface area (Å²) in [6.45, 7) is 0. The first-order valence-electron chi connectivity index (χ1n) is 9.14. The summed E-state index contributed by atoms with van der Waals surface area (Å²) < 4.78 is 2.38. The van der Waals surface area contributed by atoms with Crippen LogP contribution in [0.15, 0.2) is 109 Å². The average Bonchev–Trinajstić information content (AvgIpc) is 3.11. The molecule has 1 heteroatoms. The average molecular weight is 344 g/mol. The van der Waals surface area contributed by atoms with Crippen LogP contribution in [0.3, 0.4) is 0 Å². The molecule has 0 spiro atoms. The van der Waals surface area contributed by atoms with Crippen molar-refractivity contribution < 1.29 is 0 Å². The zero-order valence-corrected chi connectivity index (χ0v) is 14.8. The number of nitrogens with zero attached hydrogens (tertiary/aromatic N) is 1. The van der Waals surface area contributed by atoms with E-state index in [1.165, 1.54) is 33.3 Å². The van der Waals surface area contributed by atoms with Crippen molar-refractivity contribution in [3.8, 4) is 28.2 Å². The van der Waals surface area contributed by atoms with Crippen molar-refractivity contribution in [1.82, 2.24) is 4.57 Å². The Labute approximate surface area is 159 Å². The fourth-order valence-electron chi connectivity index (χ4n) is 3.79. The molecule has 127 valence electrons. The van der Waals surface area contributed by atoms with Crippen LogP contribution >= 0.6 is 0 Å². The van der Waals surface area contributed by atoms with Gasteiger partial charge < -0.3 is 4.57 Å². The van der Waals surface area contributed by atoms with Crippen LogP contribution in [0.2, 0.25) is 0 Å². The molecule has 0 saturated carbocycles. The van der Waals surface area contributed by atoms with E-state index in [2.05, 4.69) is 108 Å². The standard InChI is InChI=1S/C26H18N/c1-4-12-20(13-5-1)25-23-18-10-11-19-24(23)26(21-14-6-2-7-15-21)27(25)22-16-8-3-9-17-22/h1,3-19H. The third kappa shape index (κ3) is 2.65. The minimum atomic E-state index is 1.16. The maximum atomic E-state index is 3.14. The van der Waals surface area contributed by atoms with E-state index in [1.807, 2.05) is 12.1 Å². The van der Waals surface area contributed by atoms with Gasteiger partial charge in [0.15, 0.2) is 0 Å². The van der Waals surface area contributed by atoms with E-state index in [4.69, 9.17) is 0 Å². The van der Waals surface area contributed by atoms with Crippen LogP contribution in [0.5, 0.6) is 0 Å². The second-order valence-corrected chi connectivity index (χ2v) is 6.57. The highest BCUT2D eigenvalue weighted by molar-refractivity contribution is 6.06. The molecule has 0 unspecified atom stereocenters. The maximum Gasteiger partial charge on any atom is 0.0613 e. The van der Waals surface area contributed by atoms with Crippen LogP contribution < -0.4 is 0 Å². The lowest BCUT2D eigenvalue weighted by molar-refractivity contribution is 1.10. The molecule has 0 atom stereocenters. The van der Waals surface area contributed by atoms with Crippen molar-refractivity contribution in [2.75, 3.05) is 0 Å². The zero-order chi connectivity index (χ0) is 18.1. The molecule has 0 aliphatic rings. The van der Waals surface area contributed by atoms with Gasteiger partial charge in [0.2, 0.25) is 0 Å². The fraction of sp³-hybridized carbons (Fsp3) is 0. The summed E-state index contributed by atoms with van der Waals surface area (Å²) in [5.74, 6) is 0. The van der Waals surface area contributed by atoms with Gasteiger partial charge in [-0.1, -0.05) is 97.1 Å². The number of aromatic nitrogens is 1. The fourth-order valence-corrected chi connectivity index (χ4v) is 3.79. The first kappa shape index (κ1) is 15.7. The van der Waals surface area contributed by atoms with E-state index >= 15 is 0 Å². The van der Waals surface area contributed by atoms with Gasteiger partial charge in [-0.05, 0) is 29.3 Å². The minimum absolute atomic E-state index is 1.16. The number of hydrogen-bond donors (Lipinski definition) is 0. The van der Waals surface area contributed by atoms with Gasteiger partial charge in [-0.25, -0.2) is 0 Å². The van der Waals surface area contributed by atoms with Gasteiger partial charge in [0.1, 0.15) is 0 Å². The van der Waals surface area contributed by atoms with Crippen molar-refractivity contribution in [3.63, 3.8) is 0 Å². The van der Waals surface area contributed by atoms with Gasteiger partial charge in [-0.3, -0.25) is 0 Å². The van der Waals surface area contributed by atoms with Crippen molar-refractivity contribution in [2.24, 2.45) is 0 Å². The van der Waals surface area contributed by atoms with E-state index in [0.717, 1.165) is 5.69 Å². The third-order valence-electron chi connectivity index (χ3n) is 4.94. The molecule has 1 aromatic heterocycles. The molecule has 0 amide bonds. The molecular formula is C26H18N. The largest absolute Gasteiger partial charge is 0.308 e. The number of rotatable bonds is 3. The van der Waals surface area contributed by atoms with E-state index in [0.29, 0.717) is 0 Å². The van der Waals surface area contributed by atoms with Crippen molar-refractivity contribution >= 4 is 10.8 Å². The molecule has 5 aromatic rings. The third-order valence-corrected chi connectivity index (χ3v) is 4.94. The summed E-state index contributed by atoms with van der Waals surface area (Å²) in [5, 5.41) is 2.52. The van der Waals surface area contributed by atoms with Crippen molar-refractivity contribution in [1.29, 1.82) is 0 Å². The van der Waals surface area contributed by atoms with Crippen LogP contribution in [0, 0.1) is 6.07 Å². The summed E-state index contributed by atoms with van der Waals surface area (Å²) in [6, 6.07) is 41.3. The molecule has 27 heavy (non-hydrogen) atoms. The molecule has 0 fully saturated rings. The Morgan fingerprint density at radius 1 is 0.481 bits per heavy atom. The van der Waals surface area contributed by atoms with Crippen LogP contribution in [-0.2, 0) is 0 Å². The Morgan fingerprint density at radius 2 is 0.963 bits per heavy atom. The van der Waals surface area contributed by atoms with Crippen LogP contribution in [0.1, 0.15) is 0 Å². The summed E-state index contributed by atoms with van der Waals surface area (Å²) in [7, 11) is 0. The molecule has 1 nitrogen and oxygen atoms in total. The van der Waals surface area contributed by atoms with E-state index in [-0.39, 0.29) is 0 Å². The van der Waals surface area contributed by atoms with Crippen LogP contribution in [-0.4, -0.2) is 4.57 Å². The highest BCUT2D eigenvalue weighted by atomic mass is 15.0. The molecule has 0 bridgehead atoms. The number of hydrogen-bond acceptors (Lipinski definition) is 0. The second-order valence-electron chi connectivity index (χ2n) is 6.57. The Bertz CT molecular complexity index is 1110. The predicted octanol–water partition coefficient (Wildman–Crippen LogP) is 6.76. The SMILES string of the molecule is [c]1ccc(-c2c3ccccc3c(-c3ccccc3)n2-c2ccccc2)cc1. The summed E-state index contributed by atoms with van der Waals surface area (Å²) in [6.07, 6.45) is 0. The summed E-state index contributed by atoms with van der Waals surface area (Å²) in [5.41, 5.74) is 6.00. The van der Waals surface area contributed by atoms with Gasteiger partial charge in [-0.2, -0.15) is 0 Å². The monoisotopic (exact) mass is 344 g/mol. The van der Waals surface area contributed by atoms with Gasteiger partial charge in [0.05, 0.1) is 11.4 Å². The number of fused-ring (bicyclic) bond motifs is 1. The molecule has 0 aliphatic heterocycles. The first-order valence-corrected chi connectivity index (χ1v) is 9.14. The molecular weight excluding hydrogens is 326 g/mol. The smallest absolute Gasteiger partial charge is 0.0613 e. The lowest BCUT2D eigenvalue weighted by Gasteiger charge is -2.14. The molecule has 0 aliphatic carbocycles. The lowest BCUT2D eigenvalue weighted by Crippen LogP contribution is -1.99. The molecule has 1 radical (unpaired) electrons. The van der Waals surface area contributed by atoms with Crippen molar-refractivity contribution in [3.05, 3.63) is 115 Å². The van der Waals surface area contributed by atoms with E-state index < -0.39 is 0 Å². The quantitative estimate of drug-likeness (QED) is 0.340. The second kappa shape index (κ2) is 6.62. The first-order chi connectivity index (χ1) is 13.4. The van der Waals surface area contributed by atoms with E-state index in [9.17, 15) is 0 Å². The minimum Gasteiger partial charge on any atom is -0.308 e. The normalized spacial score (nSPS) is 11.0. The summed E-state index contributed by atoms with van der Waals surface area (Å²) in [4.78, 5) is 0. The van der Waals surface area contributed by atoms with Gasteiger partial charge in [0, 0.05) is 16.5 Å². The molecule has 1 heterocycles. The molecule has 0 saturated heterocycles. The highest BCUT2D eigenvalue weighted by Crippen LogP contribution is 2.41. The van der Waals surface area contributed by atoms with Gasteiger partial charge in [0.25, 0.3) is 0 Å². The zero-order valence-electron chi connectivity index (χ0n) is 14.8. The predicted molar refractivity (Wildman–Crippen MR) is 113 cm³/mol. The van der Waals surface area contributed by atoms with Gasteiger partial charge >= 0.3 is 0 Å². The van der Waals surface area contributed by atoms with E-state index in [1.54, 1.807) is 0 Å². The molecule has 4 aromatic carbocycles. The molecule has 0 N–H and O–H groups in total. The topological polar surface area (TPSA) is 4.93 Å². The van der Waals surface area contributed by atoms with Gasteiger partial charge in [-0.15, -0.1) is 0 Å².